The van der Waals surface area contributed by atoms with Crippen molar-refractivity contribution >= 4 is 5.97 Å². The number of carboxylic acids is 1. The zero-order valence-corrected chi connectivity index (χ0v) is 24.5. The number of ether oxygens (including phenoxy) is 6. The summed E-state index contributed by atoms with van der Waals surface area (Å²) in [6.45, 7) is 0.808. The van der Waals surface area contributed by atoms with E-state index in [4.69, 9.17) is 28.4 Å². The molecule has 1 aliphatic rings. The Morgan fingerprint density at radius 3 is 1.41 bits per heavy atom. The Bertz CT molecular complexity index is 1370. The number of rotatable bonds is 16. The Balaban J connectivity index is 1.42. The monoisotopic (exact) mass is 598 g/mol. The van der Waals surface area contributed by atoms with Crippen molar-refractivity contribution in [3.05, 3.63) is 144 Å². The molecule has 0 aliphatic carbocycles. The lowest BCUT2D eigenvalue weighted by Gasteiger charge is -2.45. The van der Waals surface area contributed by atoms with Crippen LogP contribution in [0.25, 0.3) is 0 Å². The van der Waals surface area contributed by atoms with E-state index in [0.29, 0.717) is 13.2 Å². The smallest absolute Gasteiger partial charge is 0.329 e. The molecule has 1 aliphatic heterocycles. The van der Waals surface area contributed by atoms with Gasteiger partial charge in [0.25, 0.3) is 0 Å². The minimum Gasteiger partial charge on any atom is -0.480 e. The lowest BCUT2D eigenvalue weighted by molar-refractivity contribution is -0.327. The van der Waals surface area contributed by atoms with Crippen molar-refractivity contribution in [3.63, 3.8) is 0 Å². The van der Waals surface area contributed by atoms with Gasteiger partial charge in [-0.3, -0.25) is 0 Å². The van der Waals surface area contributed by atoms with Gasteiger partial charge in [-0.25, -0.2) is 4.79 Å². The largest absolute Gasteiger partial charge is 0.480 e. The number of carbonyl (C=O) groups is 1. The van der Waals surface area contributed by atoms with Crippen LogP contribution in [0.4, 0.5) is 0 Å². The van der Waals surface area contributed by atoms with Crippen molar-refractivity contribution in [3.8, 4) is 0 Å². The van der Waals surface area contributed by atoms with Crippen LogP contribution in [0.5, 0.6) is 0 Å². The van der Waals surface area contributed by atoms with Gasteiger partial charge in [0.05, 0.1) is 33.0 Å². The number of hydrogen-bond acceptors (Lipinski definition) is 7. The molecule has 8 heteroatoms. The second-order valence-electron chi connectivity index (χ2n) is 10.5. The van der Waals surface area contributed by atoms with Crippen LogP contribution in [0, 0.1) is 0 Å². The first-order valence-corrected chi connectivity index (χ1v) is 14.7. The maximum absolute atomic E-state index is 11.6. The number of hydrogen-bond donors (Lipinski definition) is 1. The number of aliphatic carboxylic acids is 1. The molecule has 0 aromatic heterocycles. The standard InChI is InChI=1S/C36H38O8/c37-32(38)26-43-36-35(42-24-30-19-11-4-12-20-30)34(41-23-29-17-9-3-10-18-29)33(40-22-28-15-7-2-8-16-28)31(44-36)25-39-21-27-13-5-1-6-14-27/h1-20,31,33-36H,21-26H2,(H,37,38)/t31-,33+,34+,35-,36+/m1/s1. The second kappa shape index (κ2) is 16.8. The highest BCUT2D eigenvalue weighted by Crippen LogP contribution is 2.31. The van der Waals surface area contributed by atoms with Gasteiger partial charge in [0, 0.05) is 0 Å². The van der Waals surface area contributed by atoms with Gasteiger partial charge >= 0.3 is 5.97 Å². The fourth-order valence-corrected chi connectivity index (χ4v) is 5.03. The van der Waals surface area contributed by atoms with Crippen molar-refractivity contribution in [2.45, 2.75) is 57.1 Å². The van der Waals surface area contributed by atoms with Gasteiger partial charge in [0.15, 0.2) is 6.29 Å². The molecule has 230 valence electrons. The SMILES string of the molecule is O=C(O)CO[C@H]1O[C@H](COCc2ccccc2)[C@H](OCc2ccccc2)[C@H](OCc2ccccc2)[C@H]1OCc1ccccc1. The highest BCUT2D eigenvalue weighted by atomic mass is 16.7. The van der Waals surface area contributed by atoms with Crippen molar-refractivity contribution in [2.24, 2.45) is 0 Å². The summed E-state index contributed by atoms with van der Waals surface area (Å²) in [7, 11) is 0. The van der Waals surface area contributed by atoms with E-state index in [9.17, 15) is 9.90 Å². The predicted molar refractivity (Wildman–Crippen MR) is 163 cm³/mol. The molecule has 1 fully saturated rings. The summed E-state index contributed by atoms with van der Waals surface area (Å²) in [5, 5.41) is 9.45. The normalized spacial score (nSPS) is 21.6. The third-order valence-corrected chi connectivity index (χ3v) is 7.21. The molecule has 0 unspecified atom stereocenters. The Labute approximate surface area is 258 Å². The zero-order valence-electron chi connectivity index (χ0n) is 24.5. The van der Waals surface area contributed by atoms with Gasteiger partial charge in [0.1, 0.15) is 31.0 Å². The maximum atomic E-state index is 11.6. The van der Waals surface area contributed by atoms with Crippen LogP contribution in [-0.4, -0.2) is 55.0 Å². The van der Waals surface area contributed by atoms with Crippen LogP contribution in [0.2, 0.25) is 0 Å². The van der Waals surface area contributed by atoms with Crippen LogP contribution < -0.4 is 0 Å². The van der Waals surface area contributed by atoms with E-state index >= 15 is 0 Å². The molecular formula is C36H38O8. The summed E-state index contributed by atoms with van der Waals surface area (Å²) in [6.07, 6.45) is -3.79. The molecule has 0 amide bonds. The molecular weight excluding hydrogens is 560 g/mol. The summed E-state index contributed by atoms with van der Waals surface area (Å²) in [6, 6.07) is 39.3. The van der Waals surface area contributed by atoms with Gasteiger partial charge in [-0.15, -0.1) is 0 Å². The fraction of sp³-hybridized carbons (Fsp3) is 0.306. The lowest BCUT2D eigenvalue weighted by Crippen LogP contribution is -2.62. The van der Waals surface area contributed by atoms with Crippen LogP contribution in [0.1, 0.15) is 22.3 Å². The van der Waals surface area contributed by atoms with Gasteiger partial charge in [-0.2, -0.15) is 0 Å². The van der Waals surface area contributed by atoms with E-state index in [1.54, 1.807) is 0 Å². The van der Waals surface area contributed by atoms with Gasteiger partial charge in [0.2, 0.25) is 0 Å². The maximum Gasteiger partial charge on any atom is 0.329 e. The molecule has 4 aromatic rings. The minimum absolute atomic E-state index is 0.165. The lowest BCUT2D eigenvalue weighted by atomic mass is 9.97. The Hall–Kier alpha value is -3.89. The number of benzene rings is 4. The molecule has 0 radical (unpaired) electrons. The second-order valence-corrected chi connectivity index (χ2v) is 10.5. The van der Waals surface area contributed by atoms with Crippen molar-refractivity contribution in [1.29, 1.82) is 0 Å². The molecule has 5 rings (SSSR count). The highest BCUT2D eigenvalue weighted by Gasteiger charge is 2.49. The topological polar surface area (TPSA) is 92.7 Å². The van der Waals surface area contributed by atoms with E-state index < -0.39 is 43.3 Å². The molecule has 1 heterocycles. The van der Waals surface area contributed by atoms with E-state index in [0.717, 1.165) is 22.3 Å². The summed E-state index contributed by atoms with van der Waals surface area (Å²) >= 11 is 0. The van der Waals surface area contributed by atoms with E-state index in [1.165, 1.54) is 0 Å². The zero-order chi connectivity index (χ0) is 30.4. The quantitative estimate of drug-likeness (QED) is 0.173. The molecule has 0 spiro atoms. The van der Waals surface area contributed by atoms with Crippen molar-refractivity contribution in [1.82, 2.24) is 0 Å². The minimum atomic E-state index is -1.11. The van der Waals surface area contributed by atoms with Gasteiger partial charge in [-0.1, -0.05) is 121 Å². The molecule has 1 N–H and O–H groups in total. The van der Waals surface area contributed by atoms with Crippen LogP contribution in [-0.2, 0) is 59.6 Å². The predicted octanol–water partition coefficient (Wildman–Crippen LogP) is 5.79. The first kappa shape index (κ1) is 31.5. The Morgan fingerprint density at radius 2 is 0.955 bits per heavy atom. The van der Waals surface area contributed by atoms with E-state index in [-0.39, 0.29) is 19.8 Å². The third-order valence-electron chi connectivity index (χ3n) is 7.21. The molecule has 44 heavy (non-hydrogen) atoms. The summed E-state index contributed by atoms with van der Waals surface area (Å²) in [4.78, 5) is 11.6. The molecule has 8 nitrogen and oxygen atoms in total. The molecule has 1 saturated heterocycles. The molecule has 0 saturated carbocycles. The molecule has 0 bridgehead atoms. The third kappa shape index (κ3) is 9.56. The van der Waals surface area contributed by atoms with Crippen LogP contribution in [0.3, 0.4) is 0 Å². The summed E-state index contributed by atoms with van der Waals surface area (Å²) < 4.78 is 37.9. The van der Waals surface area contributed by atoms with Crippen molar-refractivity contribution < 1.29 is 38.3 Å². The van der Waals surface area contributed by atoms with Crippen LogP contribution >= 0.6 is 0 Å². The first-order valence-electron chi connectivity index (χ1n) is 14.7. The average molecular weight is 599 g/mol. The Kier molecular flexibility index (Phi) is 12.1. The first-order chi connectivity index (χ1) is 21.7. The Morgan fingerprint density at radius 1 is 0.545 bits per heavy atom. The average Bonchev–Trinajstić information content (AvgIpc) is 3.07. The van der Waals surface area contributed by atoms with Crippen molar-refractivity contribution in [2.75, 3.05) is 13.2 Å². The fourth-order valence-electron chi connectivity index (χ4n) is 5.03. The highest BCUT2D eigenvalue weighted by molar-refractivity contribution is 5.68. The van der Waals surface area contributed by atoms with Gasteiger partial charge in [-0.05, 0) is 22.3 Å². The number of carboxylic acid groups (broad SMARTS) is 1. The molecule has 4 aromatic carbocycles. The van der Waals surface area contributed by atoms with Crippen LogP contribution in [0.15, 0.2) is 121 Å². The summed E-state index contributed by atoms with van der Waals surface area (Å²) in [5.41, 5.74) is 3.93. The van der Waals surface area contributed by atoms with E-state index in [1.807, 2.05) is 121 Å². The molecule has 5 atom stereocenters. The van der Waals surface area contributed by atoms with E-state index in [2.05, 4.69) is 0 Å². The van der Waals surface area contributed by atoms with Gasteiger partial charge < -0.3 is 33.5 Å². The summed E-state index contributed by atoms with van der Waals surface area (Å²) in [5.74, 6) is -1.11.